The fraction of sp³-hybridized carbons (Fsp3) is 0.389. The summed E-state index contributed by atoms with van der Waals surface area (Å²) in [4.78, 5) is 28.9. The monoisotopic (exact) mass is 329 g/mol. The molecule has 0 spiro atoms. The van der Waals surface area contributed by atoms with Crippen LogP contribution in [0.5, 0.6) is 0 Å². The highest BCUT2D eigenvalue weighted by Crippen LogP contribution is 2.24. The molecule has 0 aliphatic rings. The number of rotatable bonds is 6. The first-order valence-electron chi connectivity index (χ1n) is 7.91. The number of carbonyl (C=O) groups is 2. The lowest BCUT2D eigenvalue weighted by Crippen LogP contribution is -2.27. The van der Waals surface area contributed by atoms with Crippen molar-refractivity contribution in [2.24, 2.45) is 5.92 Å². The highest BCUT2D eigenvalue weighted by molar-refractivity contribution is 6.08. The molecule has 0 aliphatic heterocycles. The average molecular weight is 329 g/mol. The van der Waals surface area contributed by atoms with Crippen molar-refractivity contribution in [1.29, 1.82) is 0 Å². The highest BCUT2D eigenvalue weighted by atomic mass is 16.5. The molecule has 1 heterocycles. The Balaban J connectivity index is 2.42. The Morgan fingerprint density at radius 2 is 2.00 bits per heavy atom. The second kappa shape index (κ2) is 7.88. The topological polar surface area (TPSA) is 80.3 Å². The molecular weight excluding hydrogens is 306 g/mol. The smallest absolute Gasteiger partial charge is 0.252 e. The molecule has 2 aromatic rings. The third kappa shape index (κ3) is 4.29. The van der Waals surface area contributed by atoms with E-state index in [0.29, 0.717) is 29.9 Å². The molecule has 0 radical (unpaired) electrons. The molecule has 128 valence electrons. The number of aromatic nitrogens is 1. The number of amides is 2. The minimum absolute atomic E-state index is 0.104. The van der Waals surface area contributed by atoms with Gasteiger partial charge < -0.3 is 15.4 Å². The number of hydrogen-bond donors (Lipinski definition) is 2. The van der Waals surface area contributed by atoms with Gasteiger partial charge in [-0.3, -0.25) is 14.6 Å². The molecule has 6 heteroatoms. The summed E-state index contributed by atoms with van der Waals surface area (Å²) in [7, 11) is 1.58. The molecule has 6 nitrogen and oxygen atoms in total. The zero-order chi connectivity index (χ0) is 17.7. The summed E-state index contributed by atoms with van der Waals surface area (Å²) >= 11 is 0. The Hall–Kier alpha value is -2.47. The molecule has 2 N–H and O–H groups in total. The van der Waals surface area contributed by atoms with E-state index < -0.39 is 0 Å². The Bertz CT molecular complexity index is 757. The normalized spacial score (nSPS) is 10.9. The Kier molecular flexibility index (Phi) is 5.87. The molecule has 24 heavy (non-hydrogen) atoms. The number of pyridine rings is 1. The molecule has 0 atom stereocenters. The number of benzene rings is 1. The molecule has 2 amide bonds. The first kappa shape index (κ1) is 17.9. The molecule has 1 aromatic carbocycles. The van der Waals surface area contributed by atoms with Crippen LogP contribution in [0, 0.1) is 12.8 Å². The van der Waals surface area contributed by atoms with Crippen LogP contribution in [0.1, 0.15) is 29.9 Å². The van der Waals surface area contributed by atoms with Gasteiger partial charge in [-0.2, -0.15) is 0 Å². The molecule has 0 aliphatic carbocycles. The molecule has 2 rings (SSSR count). The number of ether oxygens (including phenoxy) is 1. The standard InChI is InChI=1S/C18H23N3O3/c1-11(2)17(22)21-13-9-15(18(23)19-7-8-24-4)14-6-5-12(3)20-16(14)10-13/h5-6,9-11H,7-8H2,1-4H3,(H,19,23)(H,21,22). The molecule has 0 saturated heterocycles. The van der Waals surface area contributed by atoms with Gasteiger partial charge in [0, 0.05) is 36.3 Å². The second-order valence-electron chi connectivity index (χ2n) is 5.94. The lowest BCUT2D eigenvalue weighted by atomic mass is 10.1. The van der Waals surface area contributed by atoms with Crippen LogP contribution in [0.3, 0.4) is 0 Å². The van der Waals surface area contributed by atoms with Gasteiger partial charge >= 0.3 is 0 Å². The SMILES string of the molecule is COCCNC(=O)c1cc(NC(=O)C(C)C)cc2nc(C)ccc12. The summed E-state index contributed by atoms with van der Waals surface area (Å²) in [6.07, 6.45) is 0. The van der Waals surface area contributed by atoms with Crippen molar-refractivity contribution in [3.05, 3.63) is 35.5 Å². The predicted molar refractivity (Wildman–Crippen MR) is 94.2 cm³/mol. The summed E-state index contributed by atoms with van der Waals surface area (Å²) in [5, 5.41) is 6.39. The fourth-order valence-electron chi connectivity index (χ4n) is 2.25. The summed E-state index contributed by atoms with van der Waals surface area (Å²) in [6.45, 7) is 6.37. The minimum atomic E-state index is -0.219. The summed E-state index contributed by atoms with van der Waals surface area (Å²) in [5.41, 5.74) is 2.57. The molecule has 0 unspecified atom stereocenters. The van der Waals surface area contributed by atoms with Crippen molar-refractivity contribution in [1.82, 2.24) is 10.3 Å². The molecule has 0 bridgehead atoms. The number of aryl methyl sites for hydroxylation is 1. The van der Waals surface area contributed by atoms with E-state index in [2.05, 4.69) is 15.6 Å². The minimum Gasteiger partial charge on any atom is -0.383 e. The van der Waals surface area contributed by atoms with Crippen molar-refractivity contribution < 1.29 is 14.3 Å². The van der Waals surface area contributed by atoms with Crippen molar-refractivity contribution in [2.45, 2.75) is 20.8 Å². The van der Waals surface area contributed by atoms with Crippen LogP contribution in [0.2, 0.25) is 0 Å². The third-order valence-corrected chi connectivity index (χ3v) is 3.57. The number of methoxy groups -OCH3 is 1. The van der Waals surface area contributed by atoms with E-state index in [1.165, 1.54) is 0 Å². The van der Waals surface area contributed by atoms with Crippen LogP contribution >= 0.6 is 0 Å². The van der Waals surface area contributed by atoms with Gasteiger partial charge in [-0.1, -0.05) is 19.9 Å². The van der Waals surface area contributed by atoms with E-state index in [4.69, 9.17) is 4.74 Å². The lowest BCUT2D eigenvalue weighted by Gasteiger charge is -2.13. The van der Waals surface area contributed by atoms with Gasteiger partial charge in [0.1, 0.15) is 0 Å². The predicted octanol–water partition coefficient (Wildman–Crippen LogP) is 2.51. The third-order valence-electron chi connectivity index (χ3n) is 3.57. The van der Waals surface area contributed by atoms with Crippen molar-refractivity contribution in [3.63, 3.8) is 0 Å². The number of hydrogen-bond acceptors (Lipinski definition) is 4. The van der Waals surface area contributed by atoms with Crippen LogP contribution in [-0.4, -0.2) is 37.1 Å². The number of carbonyl (C=O) groups excluding carboxylic acids is 2. The van der Waals surface area contributed by atoms with E-state index >= 15 is 0 Å². The Morgan fingerprint density at radius 1 is 1.25 bits per heavy atom. The molecular formula is C18H23N3O3. The van der Waals surface area contributed by atoms with E-state index in [1.807, 2.05) is 32.9 Å². The first-order valence-corrected chi connectivity index (χ1v) is 7.91. The van der Waals surface area contributed by atoms with Crippen LogP contribution in [0.15, 0.2) is 24.3 Å². The summed E-state index contributed by atoms with van der Waals surface area (Å²) in [6, 6.07) is 7.20. The quantitative estimate of drug-likeness (QED) is 0.798. The number of anilines is 1. The van der Waals surface area contributed by atoms with Gasteiger partial charge in [0.15, 0.2) is 0 Å². The van der Waals surface area contributed by atoms with Gasteiger partial charge in [0.2, 0.25) is 5.91 Å². The maximum atomic E-state index is 12.5. The van der Waals surface area contributed by atoms with Gasteiger partial charge in [0.05, 0.1) is 17.7 Å². The van der Waals surface area contributed by atoms with E-state index in [-0.39, 0.29) is 17.7 Å². The van der Waals surface area contributed by atoms with E-state index in [0.717, 1.165) is 11.1 Å². The molecule has 0 fully saturated rings. The molecule has 1 aromatic heterocycles. The van der Waals surface area contributed by atoms with E-state index in [9.17, 15) is 9.59 Å². The maximum absolute atomic E-state index is 12.5. The fourth-order valence-corrected chi connectivity index (χ4v) is 2.25. The zero-order valence-corrected chi connectivity index (χ0v) is 14.5. The van der Waals surface area contributed by atoms with Gasteiger partial charge in [-0.25, -0.2) is 0 Å². The van der Waals surface area contributed by atoms with Crippen LogP contribution in [-0.2, 0) is 9.53 Å². The largest absolute Gasteiger partial charge is 0.383 e. The van der Waals surface area contributed by atoms with Crippen LogP contribution in [0.4, 0.5) is 5.69 Å². The Labute approximate surface area is 141 Å². The summed E-state index contributed by atoms with van der Waals surface area (Å²) in [5.74, 6) is -0.471. The van der Waals surface area contributed by atoms with Crippen molar-refractivity contribution in [2.75, 3.05) is 25.6 Å². The second-order valence-corrected chi connectivity index (χ2v) is 5.94. The van der Waals surface area contributed by atoms with E-state index in [1.54, 1.807) is 19.2 Å². The zero-order valence-electron chi connectivity index (χ0n) is 14.5. The average Bonchev–Trinajstić information content (AvgIpc) is 2.53. The van der Waals surface area contributed by atoms with Gasteiger partial charge in [0.25, 0.3) is 5.91 Å². The van der Waals surface area contributed by atoms with Gasteiger partial charge in [-0.15, -0.1) is 0 Å². The Morgan fingerprint density at radius 3 is 2.67 bits per heavy atom. The van der Waals surface area contributed by atoms with Crippen molar-refractivity contribution in [3.8, 4) is 0 Å². The number of nitrogens with zero attached hydrogens (tertiary/aromatic N) is 1. The van der Waals surface area contributed by atoms with Crippen LogP contribution in [0.25, 0.3) is 10.9 Å². The van der Waals surface area contributed by atoms with Gasteiger partial charge in [-0.05, 0) is 25.1 Å². The first-order chi connectivity index (χ1) is 11.4. The van der Waals surface area contributed by atoms with Crippen molar-refractivity contribution >= 4 is 28.4 Å². The maximum Gasteiger partial charge on any atom is 0.252 e. The summed E-state index contributed by atoms with van der Waals surface area (Å²) < 4.78 is 4.95. The highest BCUT2D eigenvalue weighted by Gasteiger charge is 2.15. The van der Waals surface area contributed by atoms with Crippen LogP contribution < -0.4 is 10.6 Å². The number of fused-ring (bicyclic) bond motifs is 1. The molecule has 0 saturated carbocycles. The number of nitrogens with one attached hydrogen (secondary N) is 2. The lowest BCUT2D eigenvalue weighted by molar-refractivity contribution is -0.118.